The summed E-state index contributed by atoms with van der Waals surface area (Å²) in [6, 6.07) is 5.94. The lowest BCUT2D eigenvalue weighted by molar-refractivity contribution is 0.503. The van der Waals surface area contributed by atoms with Crippen LogP contribution in [-0.2, 0) is 0 Å². The van der Waals surface area contributed by atoms with Gasteiger partial charge in [0.05, 0.1) is 16.4 Å². The van der Waals surface area contributed by atoms with Gasteiger partial charge in [0.2, 0.25) is 0 Å². The average Bonchev–Trinajstić information content (AvgIpc) is 3.14. The predicted molar refractivity (Wildman–Crippen MR) is 107 cm³/mol. The molecule has 4 rings (SSSR count). The molecular weight excluding hydrogens is 371 g/mol. The van der Waals surface area contributed by atoms with Gasteiger partial charge >= 0.3 is 0 Å². The number of anilines is 1. The van der Waals surface area contributed by atoms with Gasteiger partial charge in [-0.05, 0) is 43.0 Å². The highest BCUT2D eigenvalue weighted by atomic mass is 35.5. The molecule has 0 atom stereocenters. The maximum Gasteiger partial charge on any atom is 0.182 e. The van der Waals surface area contributed by atoms with Crippen molar-refractivity contribution in [1.82, 2.24) is 19.9 Å². The number of halogens is 2. The van der Waals surface area contributed by atoms with Crippen molar-refractivity contribution in [1.29, 1.82) is 0 Å². The molecule has 0 aliphatic carbocycles. The van der Waals surface area contributed by atoms with Crippen molar-refractivity contribution in [3.05, 3.63) is 46.5 Å². The van der Waals surface area contributed by atoms with Crippen LogP contribution in [0, 0.1) is 0 Å². The highest BCUT2D eigenvalue weighted by Crippen LogP contribution is 2.34. The van der Waals surface area contributed by atoms with Gasteiger partial charge in [-0.3, -0.25) is 0 Å². The molecule has 1 aliphatic rings. The second kappa shape index (κ2) is 8.66. The Bertz CT molecular complexity index is 858. The Morgan fingerprint density at radius 1 is 1.15 bits per heavy atom. The summed E-state index contributed by atoms with van der Waals surface area (Å²) >= 11 is 12.1. The number of imidazole rings is 1. The SMILES string of the molecule is CCN.Clc1ccc(C2CCN(c3ncnc4nc[nH]c34)CC2)cc1Cl. The molecule has 0 amide bonds. The van der Waals surface area contributed by atoms with Crippen LogP contribution in [0.3, 0.4) is 0 Å². The van der Waals surface area contributed by atoms with Gasteiger partial charge in [-0.15, -0.1) is 0 Å². The van der Waals surface area contributed by atoms with E-state index in [2.05, 4.69) is 30.9 Å². The van der Waals surface area contributed by atoms with E-state index in [1.165, 1.54) is 5.56 Å². The minimum atomic E-state index is 0.500. The molecule has 0 saturated carbocycles. The van der Waals surface area contributed by atoms with Crippen molar-refractivity contribution in [3.8, 4) is 0 Å². The van der Waals surface area contributed by atoms with Crippen LogP contribution in [0.4, 0.5) is 5.82 Å². The number of nitrogens with one attached hydrogen (secondary N) is 1. The number of aromatic nitrogens is 4. The summed E-state index contributed by atoms with van der Waals surface area (Å²) in [4.78, 5) is 18.2. The van der Waals surface area contributed by atoms with Crippen molar-refractivity contribution < 1.29 is 0 Å². The number of nitrogens with two attached hydrogens (primary N) is 1. The summed E-state index contributed by atoms with van der Waals surface area (Å²) in [6.45, 7) is 4.53. The summed E-state index contributed by atoms with van der Waals surface area (Å²) in [5, 5.41) is 1.23. The normalized spacial score (nSPS) is 15.0. The number of H-pyrrole nitrogens is 1. The summed E-state index contributed by atoms with van der Waals surface area (Å²) < 4.78 is 0. The second-order valence-electron chi connectivity index (χ2n) is 6.14. The smallest absolute Gasteiger partial charge is 0.182 e. The van der Waals surface area contributed by atoms with E-state index in [4.69, 9.17) is 28.9 Å². The summed E-state index contributed by atoms with van der Waals surface area (Å²) in [5.41, 5.74) is 7.72. The fraction of sp³-hybridized carbons (Fsp3) is 0.389. The highest BCUT2D eigenvalue weighted by molar-refractivity contribution is 6.42. The number of fused-ring (bicyclic) bond motifs is 1. The van der Waals surface area contributed by atoms with Gasteiger partial charge in [0, 0.05) is 13.1 Å². The largest absolute Gasteiger partial charge is 0.355 e. The number of piperidine rings is 1. The first kappa shape index (κ1) is 18.9. The van der Waals surface area contributed by atoms with Crippen LogP contribution in [0.1, 0.15) is 31.2 Å². The molecule has 0 radical (unpaired) electrons. The van der Waals surface area contributed by atoms with E-state index in [0.717, 1.165) is 43.8 Å². The first-order chi connectivity index (χ1) is 12.6. The van der Waals surface area contributed by atoms with Gasteiger partial charge in [0.15, 0.2) is 11.5 Å². The monoisotopic (exact) mass is 392 g/mol. The number of rotatable bonds is 2. The minimum absolute atomic E-state index is 0.500. The van der Waals surface area contributed by atoms with Gasteiger partial charge in [0.1, 0.15) is 11.8 Å². The molecule has 26 heavy (non-hydrogen) atoms. The van der Waals surface area contributed by atoms with E-state index in [1.807, 2.05) is 19.1 Å². The van der Waals surface area contributed by atoms with Gasteiger partial charge in [-0.25, -0.2) is 15.0 Å². The third-order valence-electron chi connectivity index (χ3n) is 4.41. The molecule has 0 spiro atoms. The molecule has 1 saturated heterocycles. The molecule has 138 valence electrons. The molecule has 8 heteroatoms. The first-order valence-electron chi connectivity index (χ1n) is 8.68. The predicted octanol–water partition coefficient (Wildman–Crippen LogP) is 4.01. The molecule has 1 aromatic carbocycles. The van der Waals surface area contributed by atoms with Gasteiger partial charge < -0.3 is 15.6 Å². The van der Waals surface area contributed by atoms with E-state index in [0.29, 0.717) is 21.6 Å². The minimum Gasteiger partial charge on any atom is -0.355 e. The van der Waals surface area contributed by atoms with Gasteiger partial charge in [-0.2, -0.15) is 0 Å². The zero-order valence-electron chi connectivity index (χ0n) is 14.6. The lowest BCUT2D eigenvalue weighted by atomic mass is 9.89. The van der Waals surface area contributed by atoms with Crippen LogP contribution >= 0.6 is 23.2 Å². The fourth-order valence-electron chi connectivity index (χ4n) is 3.18. The Morgan fingerprint density at radius 3 is 2.58 bits per heavy atom. The van der Waals surface area contributed by atoms with E-state index in [-0.39, 0.29) is 0 Å². The average molecular weight is 393 g/mol. The van der Waals surface area contributed by atoms with Crippen LogP contribution in [0.2, 0.25) is 10.0 Å². The standard InChI is InChI=1S/C16H15Cl2N5.C2H7N/c17-12-2-1-11(7-13(12)18)10-3-5-23(6-4-10)16-14-15(20-8-19-14)21-9-22-16;1-2-3/h1-2,7-10H,3-6H2,(H,19,20,21,22);2-3H2,1H3. The van der Waals surface area contributed by atoms with Crippen molar-refractivity contribution in [2.24, 2.45) is 5.73 Å². The number of hydrogen-bond donors (Lipinski definition) is 2. The number of benzene rings is 1. The Kier molecular flexibility index (Phi) is 6.29. The van der Waals surface area contributed by atoms with E-state index < -0.39 is 0 Å². The topological polar surface area (TPSA) is 83.7 Å². The summed E-state index contributed by atoms with van der Waals surface area (Å²) in [7, 11) is 0. The number of aromatic amines is 1. The summed E-state index contributed by atoms with van der Waals surface area (Å²) in [6.07, 6.45) is 5.34. The molecule has 0 bridgehead atoms. The molecule has 1 fully saturated rings. The van der Waals surface area contributed by atoms with Crippen molar-refractivity contribution in [3.63, 3.8) is 0 Å². The van der Waals surface area contributed by atoms with Crippen LogP contribution in [-0.4, -0.2) is 39.6 Å². The second-order valence-corrected chi connectivity index (χ2v) is 6.96. The van der Waals surface area contributed by atoms with Crippen molar-refractivity contribution in [2.75, 3.05) is 24.5 Å². The first-order valence-corrected chi connectivity index (χ1v) is 9.43. The maximum absolute atomic E-state index is 6.14. The molecule has 0 unspecified atom stereocenters. The lowest BCUT2D eigenvalue weighted by Gasteiger charge is -2.33. The van der Waals surface area contributed by atoms with E-state index in [1.54, 1.807) is 12.7 Å². The third-order valence-corrected chi connectivity index (χ3v) is 5.15. The van der Waals surface area contributed by atoms with Gasteiger partial charge in [0.25, 0.3) is 0 Å². The maximum atomic E-state index is 6.14. The zero-order valence-corrected chi connectivity index (χ0v) is 16.1. The van der Waals surface area contributed by atoms with Crippen LogP contribution in [0.5, 0.6) is 0 Å². The van der Waals surface area contributed by atoms with Crippen molar-refractivity contribution >= 4 is 40.2 Å². The molecule has 3 heterocycles. The highest BCUT2D eigenvalue weighted by Gasteiger charge is 2.23. The van der Waals surface area contributed by atoms with Crippen LogP contribution < -0.4 is 10.6 Å². The van der Waals surface area contributed by atoms with Crippen LogP contribution in [0.25, 0.3) is 11.2 Å². The number of nitrogens with zero attached hydrogens (tertiary/aromatic N) is 4. The van der Waals surface area contributed by atoms with E-state index >= 15 is 0 Å². The molecule has 2 aromatic heterocycles. The Labute approximate surface area is 162 Å². The molecule has 1 aliphatic heterocycles. The quantitative estimate of drug-likeness (QED) is 0.687. The van der Waals surface area contributed by atoms with Crippen molar-refractivity contribution in [2.45, 2.75) is 25.7 Å². The fourth-order valence-corrected chi connectivity index (χ4v) is 3.49. The third kappa shape index (κ3) is 4.09. The molecule has 3 aromatic rings. The van der Waals surface area contributed by atoms with E-state index in [9.17, 15) is 0 Å². The van der Waals surface area contributed by atoms with Crippen LogP contribution in [0.15, 0.2) is 30.9 Å². The molecule has 3 N–H and O–H groups in total. The summed E-state index contributed by atoms with van der Waals surface area (Å²) in [5.74, 6) is 1.43. The van der Waals surface area contributed by atoms with Gasteiger partial charge in [-0.1, -0.05) is 36.2 Å². The zero-order chi connectivity index (χ0) is 18.5. The number of hydrogen-bond acceptors (Lipinski definition) is 5. The molecular formula is C18H22Cl2N6. The molecule has 6 nitrogen and oxygen atoms in total. The Balaban J connectivity index is 0.000000613. The Morgan fingerprint density at radius 2 is 1.88 bits per heavy atom. The lowest BCUT2D eigenvalue weighted by Crippen LogP contribution is -2.33. The Hall–Kier alpha value is -1.89.